The fourth-order valence-electron chi connectivity index (χ4n) is 1.97. The second kappa shape index (κ2) is 5.27. The summed E-state index contributed by atoms with van der Waals surface area (Å²) >= 11 is 0. The molecule has 102 valence electrons. The summed E-state index contributed by atoms with van der Waals surface area (Å²) < 4.78 is 7.01. The van der Waals surface area contributed by atoms with Crippen LogP contribution in [0.15, 0.2) is 16.5 Å². The Kier molecular flexibility index (Phi) is 3.71. The molecule has 2 rings (SSSR count). The van der Waals surface area contributed by atoms with Gasteiger partial charge in [0.15, 0.2) is 0 Å². The van der Waals surface area contributed by atoms with Crippen LogP contribution in [0.1, 0.15) is 33.3 Å². The van der Waals surface area contributed by atoms with Gasteiger partial charge in [0.2, 0.25) is 5.76 Å². The van der Waals surface area contributed by atoms with E-state index in [4.69, 9.17) is 9.52 Å². The molecule has 0 aliphatic carbocycles. The second-order valence-corrected chi connectivity index (χ2v) is 4.45. The molecule has 0 fully saturated rings. The molecule has 0 aromatic carbocycles. The molecule has 2 N–H and O–H groups in total. The molecule has 0 radical (unpaired) electrons. The van der Waals surface area contributed by atoms with Crippen molar-refractivity contribution in [2.24, 2.45) is 7.05 Å². The van der Waals surface area contributed by atoms with Crippen LogP contribution in [0.4, 0.5) is 0 Å². The van der Waals surface area contributed by atoms with E-state index in [1.807, 2.05) is 25.6 Å². The lowest BCUT2D eigenvalue weighted by Gasteiger charge is -2.03. The number of carboxylic acid groups (broad SMARTS) is 1. The Morgan fingerprint density at radius 2 is 2.16 bits per heavy atom. The van der Waals surface area contributed by atoms with E-state index in [1.165, 1.54) is 6.07 Å². The number of aromatic carboxylic acids is 1. The topological polar surface area (TPSA) is 80.3 Å². The predicted octanol–water partition coefficient (Wildman–Crippen LogP) is 1.62. The van der Waals surface area contributed by atoms with Crippen LogP contribution in [-0.4, -0.2) is 20.9 Å². The van der Waals surface area contributed by atoms with E-state index >= 15 is 0 Å². The first-order valence-corrected chi connectivity index (χ1v) is 6.01. The first-order chi connectivity index (χ1) is 8.99. The molecule has 6 nitrogen and oxygen atoms in total. The number of carboxylic acids is 1. The van der Waals surface area contributed by atoms with Crippen molar-refractivity contribution in [1.29, 1.82) is 0 Å². The van der Waals surface area contributed by atoms with E-state index in [9.17, 15) is 4.79 Å². The molecule has 2 heterocycles. The molecule has 6 heteroatoms. The van der Waals surface area contributed by atoms with Crippen molar-refractivity contribution in [3.05, 3.63) is 40.6 Å². The molecule has 0 unspecified atom stereocenters. The van der Waals surface area contributed by atoms with E-state index in [1.54, 1.807) is 6.07 Å². The minimum absolute atomic E-state index is 0.0365. The molecule has 2 aromatic heterocycles. The fourth-order valence-corrected chi connectivity index (χ4v) is 1.97. The first-order valence-electron chi connectivity index (χ1n) is 6.01. The van der Waals surface area contributed by atoms with Crippen molar-refractivity contribution in [1.82, 2.24) is 15.1 Å². The highest BCUT2D eigenvalue weighted by Gasteiger charge is 2.10. The third-order valence-corrected chi connectivity index (χ3v) is 3.13. The lowest BCUT2D eigenvalue weighted by atomic mass is 10.2. The van der Waals surface area contributed by atoms with Gasteiger partial charge in [-0.2, -0.15) is 5.10 Å². The average Bonchev–Trinajstić information content (AvgIpc) is 2.90. The Bertz CT molecular complexity index is 598. The largest absolute Gasteiger partial charge is 0.475 e. The summed E-state index contributed by atoms with van der Waals surface area (Å²) in [5, 5.41) is 16.3. The Morgan fingerprint density at radius 3 is 2.68 bits per heavy atom. The van der Waals surface area contributed by atoms with Crippen molar-refractivity contribution in [3.8, 4) is 0 Å². The third-order valence-electron chi connectivity index (χ3n) is 3.13. The highest BCUT2D eigenvalue weighted by molar-refractivity contribution is 5.84. The molecule has 0 saturated heterocycles. The minimum Gasteiger partial charge on any atom is -0.475 e. The lowest BCUT2D eigenvalue weighted by molar-refractivity contribution is 0.0660. The summed E-state index contributed by atoms with van der Waals surface area (Å²) in [6.45, 7) is 5.15. The molecule has 0 aliphatic rings. The number of hydrogen-bond donors (Lipinski definition) is 2. The zero-order valence-corrected chi connectivity index (χ0v) is 11.2. The van der Waals surface area contributed by atoms with E-state index in [0.717, 1.165) is 17.0 Å². The lowest BCUT2D eigenvalue weighted by Crippen LogP contribution is -2.13. The Labute approximate surface area is 111 Å². The first kappa shape index (κ1) is 13.4. The van der Waals surface area contributed by atoms with Crippen LogP contribution in [0.25, 0.3) is 0 Å². The molecule has 0 saturated carbocycles. The fraction of sp³-hybridized carbons (Fsp3) is 0.385. The van der Waals surface area contributed by atoms with Crippen LogP contribution in [0.2, 0.25) is 0 Å². The number of furan rings is 1. The van der Waals surface area contributed by atoms with Gasteiger partial charge in [0, 0.05) is 24.8 Å². The van der Waals surface area contributed by atoms with Gasteiger partial charge >= 0.3 is 5.97 Å². The molecule has 0 bridgehead atoms. The highest BCUT2D eigenvalue weighted by Crippen LogP contribution is 2.12. The number of nitrogens with one attached hydrogen (secondary N) is 1. The summed E-state index contributed by atoms with van der Waals surface area (Å²) in [7, 11) is 1.91. The normalized spacial score (nSPS) is 10.9. The second-order valence-electron chi connectivity index (χ2n) is 4.45. The van der Waals surface area contributed by atoms with E-state index < -0.39 is 5.97 Å². The number of hydrogen-bond acceptors (Lipinski definition) is 4. The summed E-state index contributed by atoms with van der Waals surface area (Å²) in [6, 6.07) is 3.12. The van der Waals surface area contributed by atoms with Gasteiger partial charge in [-0.3, -0.25) is 4.68 Å². The highest BCUT2D eigenvalue weighted by atomic mass is 16.4. The zero-order chi connectivity index (χ0) is 14.0. The van der Waals surface area contributed by atoms with Gasteiger partial charge in [-0.1, -0.05) is 0 Å². The van der Waals surface area contributed by atoms with Crippen molar-refractivity contribution in [2.75, 3.05) is 0 Å². The average molecular weight is 263 g/mol. The van der Waals surface area contributed by atoms with Gasteiger partial charge in [0.05, 0.1) is 12.2 Å². The summed E-state index contributed by atoms with van der Waals surface area (Å²) in [5.74, 6) is -0.479. The Morgan fingerprint density at radius 1 is 1.42 bits per heavy atom. The van der Waals surface area contributed by atoms with Gasteiger partial charge < -0.3 is 14.8 Å². The van der Waals surface area contributed by atoms with Gasteiger partial charge in [0.25, 0.3) is 0 Å². The number of carbonyl (C=O) groups is 1. The van der Waals surface area contributed by atoms with Crippen molar-refractivity contribution in [2.45, 2.75) is 26.9 Å². The van der Waals surface area contributed by atoms with Crippen LogP contribution in [0, 0.1) is 13.8 Å². The van der Waals surface area contributed by atoms with Gasteiger partial charge in [0.1, 0.15) is 5.76 Å². The third kappa shape index (κ3) is 2.85. The molecule has 0 aliphatic heterocycles. The maximum Gasteiger partial charge on any atom is 0.371 e. The number of aryl methyl sites for hydroxylation is 2. The maximum absolute atomic E-state index is 10.7. The molecule has 0 amide bonds. The quantitative estimate of drug-likeness (QED) is 0.856. The standard InChI is InChI=1S/C13H17N3O3/c1-8-11(9(2)16(3)15-8)7-14-6-10-4-5-12(19-10)13(17)18/h4-5,14H,6-7H2,1-3H3,(H,17,18). The zero-order valence-electron chi connectivity index (χ0n) is 11.2. The van der Waals surface area contributed by atoms with E-state index in [0.29, 0.717) is 18.8 Å². The molecular weight excluding hydrogens is 246 g/mol. The number of rotatable bonds is 5. The summed E-state index contributed by atoms with van der Waals surface area (Å²) in [4.78, 5) is 10.7. The minimum atomic E-state index is -1.05. The SMILES string of the molecule is Cc1nn(C)c(C)c1CNCc1ccc(C(=O)O)o1. The van der Waals surface area contributed by atoms with E-state index in [-0.39, 0.29) is 5.76 Å². The van der Waals surface area contributed by atoms with Crippen molar-refractivity contribution >= 4 is 5.97 Å². The molecule has 0 atom stereocenters. The van der Waals surface area contributed by atoms with Gasteiger partial charge in [-0.05, 0) is 26.0 Å². The Balaban J connectivity index is 1.94. The molecular formula is C13H17N3O3. The number of aromatic nitrogens is 2. The van der Waals surface area contributed by atoms with Gasteiger partial charge in [-0.25, -0.2) is 4.79 Å². The van der Waals surface area contributed by atoms with Gasteiger partial charge in [-0.15, -0.1) is 0 Å². The maximum atomic E-state index is 10.7. The van der Waals surface area contributed by atoms with Crippen LogP contribution in [0.3, 0.4) is 0 Å². The predicted molar refractivity (Wildman–Crippen MR) is 68.9 cm³/mol. The van der Waals surface area contributed by atoms with Crippen molar-refractivity contribution < 1.29 is 14.3 Å². The number of nitrogens with zero attached hydrogens (tertiary/aromatic N) is 2. The van der Waals surface area contributed by atoms with E-state index in [2.05, 4.69) is 10.4 Å². The molecule has 0 spiro atoms. The molecule has 19 heavy (non-hydrogen) atoms. The molecule has 2 aromatic rings. The van der Waals surface area contributed by atoms with Crippen LogP contribution in [0.5, 0.6) is 0 Å². The van der Waals surface area contributed by atoms with Crippen LogP contribution < -0.4 is 5.32 Å². The van der Waals surface area contributed by atoms with Crippen LogP contribution in [-0.2, 0) is 20.1 Å². The smallest absolute Gasteiger partial charge is 0.371 e. The van der Waals surface area contributed by atoms with Crippen molar-refractivity contribution in [3.63, 3.8) is 0 Å². The van der Waals surface area contributed by atoms with Crippen LogP contribution >= 0.6 is 0 Å². The summed E-state index contributed by atoms with van der Waals surface area (Å²) in [5.41, 5.74) is 3.28. The summed E-state index contributed by atoms with van der Waals surface area (Å²) in [6.07, 6.45) is 0. The Hall–Kier alpha value is -2.08. The monoisotopic (exact) mass is 263 g/mol.